The molecule has 1 aromatic rings. The number of carboxylic acid groups (broad SMARTS) is 1. The second-order valence-corrected chi connectivity index (χ2v) is 6.87. The third kappa shape index (κ3) is 2.93. The second kappa shape index (κ2) is 5.65. The molecule has 0 aliphatic heterocycles. The van der Waals surface area contributed by atoms with Crippen LogP contribution < -0.4 is 5.73 Å². The molecule has 3 N–H and O–H groups in total. The highest BCUT2D eigenvalue weighted by atomic mass is 35.5. The topological polar surface area (TPSA) is 63.3 Å². The van der Waals surface area contributed by atoms with Gasteiger partial charge in [-0.15, -0.1) is 0 Å². The zero-order valence-corrected chi connectivity index (χ0v) is 12.8. The molecule has 1 aromatic carbocycles. The zero-order valence-electron chi connectivity index (χ0n) is 12.0. The molecule has 0 saturated heterocycles. The molecule has 2 atom stereocenters. The highest BCUT2D eigenvalue weighted by Crippen LogP contribution is 2.49. The van der Waals surface area contributed by atoms with E-state index in [1.165, 1.54) is 6.42 Å². The Kier molecular flexibility index (Phi) is 4.28. The van der Waals surface area contributed by atoms with Crippen LogP contribution in [0, 0.1) is 11.3 Å². The Morgan fingerprint density at radius 1 is 1.45 bits per heavy atom. The number of hydrogen-bond acceptors (Lipinski definition) is 2. The van der Waals surface area contributed by atoms with Gasteiger partial charge in [-0.25, -0.2) is 0 Å². The number of hydrogen-bond donors (Lipinski definition) is 2. The molecule has 2 rings (SSSR count). The number of anilines is 1. The minimum Gasteiger partial charge on any atom is -0.481 e. The third-order valence-electron chi connectivity index (χ3n) is 4.64. The lowest BCUT2D eigenvalue weighted by Gasteiger charge is -2.42. The summed E-state index contributed by atoms with van der Waals surface area (Å²) in [6.45, 7) is 4.32. The SMILES string of the molecule is CC1(C)CCCCC1C(C(=O)O)c1cc(Cl)ccc1N. The van der Waals surface area contributed by atoms with Crippen LogP contribution in [0.5, 0.6) is 0 Å². The quantitative estimate of drug-likeness (QED) is 0.817. The van der Waals surface area contributed by atoms with E-state index in [-0.39, 0.29) is 11.3 Å². The van der Waals surface area contributed by atoms with Crippen molar-refractivity contribution in [3.63, 3.8) is 0 Å². The maximum absolute atomic E-state index is 11.9. The van der Waals surface area contributed by atoms with Crippen molar-refractivity contribution in [1.29, 1.82) is 0 Å². The van der Waals surface area contributed by atoms with Crippen molar-refractivity contribution in [2.24, 2.45) is 11.3 Å². The second-order valence-electron chi connectivity index (χ2n) is 6.43. The van der Waals surface area contributed by atoms with Crippen LogP contribution in [0.4, 0.5) is 5.69 Å². The summed E-state index contributed by atoms with van der Waals surface area (Å²) < 4.78 is 0. The van der Waals surface area contributed by atoms with Gasteiger partial charge in [0, 0.05) is 10.7 Å². The summed E-state index contributed by atoms with van der Waals surface area (Å²) >= 11 is 6.03. The van der Waals surface area contributed by atoms with Crippen molar-refractivity contribution in [2.45, 2.75) is 45.4 Å². The van der Waals surface area contributed by atoms with E-state index in [0.717, 1.165) is 19.3 Å². The molecule has 4 heteroatoms. The lowest BCUT2D eigenvalue weighted by molar-refractivity contribution is -0.142. The van der Waals surface area contributed by atoms with Crippen molar-refractivity contribution >= 4 is 23.3 Å². The van der Waals surface area contributed by atoms with Gasteiger partial charge < -0.3 is 10.8 Å². The monoisotopic (exact) mass is 295 g/mol. The van der Waals surface area contributed by atoms with Gasteiger partial charge in [0.15, 0.2) is 0 Å². The average molecular weight is 296 g/mol. The van der Waals surface area contributed by atoms with E-state index in [4.69, 9.17) is 17.3 Å². The summed E-state index contributed by atoms with van der Waals surface area (Å²) in [6.07, 6.45) is 4.23. The fraction of sp³-hybridized carbons (Fsp3) is 0.562. The summed E-state index contributed by atoms with van der Waals surface area (Å²) in [5.74, 6) is -1.29. The fourth-order valence-electron chi connectivity index (χ4n) is 3.48. The number of nitrogen functional groups attached to an aromatic ring is 1. The Balaban J connectivity index is 2.46. The minimum absolute atomic E-state index is 0.00998. The molecule has 110 valence electrons. The molecule has 3 nitrogen and oxygen atoms in total. The Morgan fingerprint density at radius 2 is 2.15 bits per heavy atom. The number of rotatable bonds is 3. The third-order valence-corrected chi connectivity index (χ3v) is 4.88. The van der Waals surface area contributed by atoms with Gasteiger partial charge >= 0.3 is 5.97 Å². The Morgan fingerprint density at radius 3 is 2.75 bits per heavy atom. The van der Waals surface area contributed by atoms with E-state index in [1.54, 1.807) is 18.2 Å². The maximum atomic E-state index is 11.9. The van der Waals surface area contributed by atoms with Gasteiger partial charge in [0.25, 0.3) is 0 Å². The summed E-state index contributed by atoms with van der Waals surface area (Å²) in [7, 11) is 0. The Labute approximate surface area is 125 Å². The van der Waals surface area contributed by atoms with E-state index in [9.17, 15) is 9.90 Å². The molecule has 1 fully saturated rings. The summed E-state index contributed by atoms with van der Waals surface area (Å²) in [4.78, 5) is 11.9. The molecule has 20 heavy (non-hydrogen) atoms. The van der Waals surface area contributed by atoms with Crippen molar-refractivity contribution in [3.05, 3.63) is 28.8 Å². The van der Waals surface area contributed by atoms with Gasteiger partial charge in [0.1, 0.15) is 0 Å². The normalized spacial score (nSPS) is 23.2. The number of nitrogens with two attached hydrogens (primary N) is 1. The molecule has 0 radical (unpaired) electrons. The largest absolute Gasteiger partial charge is 0.481 e. The predicted octanol–water partition coefficient (Wildman–Crippen LogP) is 4.31. The van der Waals surface area contributed by atoms with Crippen molar-refractivity contribution in [2.75, 3.05) is 5.73 Å². The van der Waals surface area contributed by atoms with Gasteiger partial charge in [-0.3, -0.25) is 4.79 Å². The first-order valence-corrected chi connectivity index (χ1v) is 7.48. The van der Waals surface area contributed by atoms with Crippen LogP contribution in [0.2, 0.25) is 5.02 Å². The summed E-state index contributed by atoms with van der Waals surface area (Å²) in [6, 6.07) is 5.11. The molecule has 0 heterocycles. The zero-order chi connectivity index (χ0) is 14.9. The first-order valence-electron chi connectivity index (χ1n) is 7.10. The Hall–Kier alpha value is -1.22. The van der Waals surface area contributed by atoms with Crippen LogP contribution in [0.1, 0.15) is 51.0 Å². The predicted molar refractivity (Wildman–Crippen MR) is 82.0 cm³/mol. The van der Waals surface area contributed by atoms with Crippen LogP contribution in [0.25, 0.3) is 0 Å². The lowest BCUT2D eigenvalue weighted by Crippen LogP contribution is -2.36. The standard InChI is InChI=1S/C16H22ClNO2/c1-16(2)8-4-3-5-12(16)14(15(19)20)11-9-10(17)6-7-13(11)18/h6-7,9,12,14H,3-5,8,18H2,1-2H3,(H,19,20). The first kappa shape index (κ1) is 15.2. The number of carboxylic acids is 1. The number of halogens is 1. The van der Waals surface area contributed by atoms with E-state index in [2.05, 4.69) is 13.8 Å². The smallest absolute Gasteiger partial charge is 0.311 e. The lowest BCUT2D eigenvalue weighted by atomic mass is 9.62. The first-order chi connectivity index (χ1) is 9.33. The van der Waals surface area contributed by atoms with Crippen LogP contribution >= 0.6 is 11.6 Å². The molecule has 0 aromatic heterocycles. The summed E-state index contributed by atoms with van der Waals surface area (Å²) in [5.41, 5.74) is 7.19. The molecule has 1 aliphatic carbocycles. The van der Waals surface area contributed by atoms with E-state index in [0.29, 0.717) is 16.3 Å². The molecular weight excluding hydrogens is 274 g/mol. The van der Waals surface area contributed by atoms with Crippen LogP contribution in [0.15, 0.2) is 18.2 Å². The number of aliphatic carboxylic acids is 1. The van der Waals surface area contributed by atoms with Crippen molar-refractivity contribution in [3.8, 4) is 0 Å². The van der Waals surface area contributed by atoms with E-state index >= 15 is 0 Å². The van der Waals surface area contributed by atoms with Crippen LogP contribution in [-0.2, 0) is 4.79 Å². The van der Waals surface area contributed by atoms with Crippen LogP contribution in [0.3, 0.4) is 0 Å². The van der Waals surface area contributed by atoms with Crippen molar-refractivity contribution in [1.82, 2.24) is 0 Å². The van der Waals surface area contributed by atoms with E-state index in [1.807, 2.05) is 0 Å². The molecule has 1 aliphatic rings. The Bertz CT molecular complexity index is 513. The minimum atomic E-state index is -0.807. The number of benzene rings is 1. The van der Waals surface area contributed by atoms with Crippen molar-refractivity contribution < 1.29 is 9.90 Å². The fourth-order valence-corrected chi connectivity index (χ4v) is 3.66. The summed E-state index contributed by atoms with van der Waals surface area (Å²) in [5, 5.41) is 10.3. The highest BCUT2D eigenvalue weighted by molar-refractivity contribution is 6.30. The van der Waals surface area contributed by atoms with Gasteiger partial charge in [0.05, 0.1) is 5.92 Å². The van der Waals surface area contributed by atoms with Gasteiger partial charge in [-0.2, -0.15) is 0 Å². The molecular formula is C16H22ClNO2. The molecule has 0 amide bonds. The van der Waals surface area contributed by atoms with Crippen LogP contribution in [-0.4, -0.2) is 11.1 Å². The highest BCUT2D eigenvalue weighted by Gasteiger charge is 2.42. The molecule has 0 bridgehead atoms. The van der Waals surface area contributed by atoms with Gasteiger partial charge in [0.2, 0.25) is 0 Å². The van der Waals surface area contributed by atoms with Gasteiger partial charge in [-0.05, 0) is 47.9 Å². The molecule has 0 spiro atoms. The number of carbonyl (C=O) groups is 1. The molecule has 2 unspecified atom stereocenters. The average Bonchev–Trinajstić information content (AvgIpc) is 2.35. The molecule has 1 saturated carbocycles. The maximum Gasteiger partial charge on any atom is 0.311 e. The van der Waals surface area contributed by atoms with Gasteiger partial charge in [-0.1, -0.05) is 38.3 Å². The van der Waals surface area contributed by atoms with E-state index < -0.39 is 11.9 Å².